The summed E-state index contributed by atoms with van der Waals surface area (Å²) in [6.45, 7) is 4.90. The Bertz CT molecular complexity index is 373. The molecule has 1 saturated carbocycles. The zero-order valence-corrected chi connectivity index (χ0v) is 12.9. The van der Waals surface area contributed by atoms with Gasteiger partial charge in [0.05, 0.1) is 6.61 Å². The Morgan fingerprint density at radius 2 is 1.90 bits per heavy atom. The molecule has 2 rings (SSSR count). The fourth-order valence-electron chi connectivity index (χ4n) is 2.38. The van der Waals surface area contributed by atoms with Gasteiger partial charge in [0.2, 0.25) is 0 Å². The number of nitrogens with one attached hydrogen (secondary N) is 1. The van der Waals surface area contributed by atoms with Gasteiger partial charge in [-0.25, -0.2) is 0 Å². The third kappa shape index (κ3) is 6.53. The second-order valence-electron chi connectivity index (χ2n) is 5.94. The zero-order chi connectivity index (χ0) is 14.0. The van der Waals surface area contributed by atoms with Crippen LogP contribution in [0.4, 0.5) is 0 Å². The molecule has 0 saturated heterocycles. The van der Waals surface area contributed by atoms with E-state index in [4.69, 9.17) is 4.74 Å². The van der Waals surface area contributed by atoms with Crippen molar-refractivity contribution in [3.8, 4) is 0 Å². The van der Waals surface area contributed by atoms with Crippen molar-refractivity contribution in [1.29, 1.82) is 0 Å². The first-order valence-electron chi connectivity index (χ1n) is 8.27. The monoisotopic (exact) mass is 275 g/mol. The second kappa shape index (κ2) is 9.15. The number of unbranched alkanes of at least 4 members (excludes halogenated alkanes) is 4. The highest BCUT2D eigenvalue weighted by Gasteiger charge is 2.19. The van der Waals surface area contributed by atoms with Crippen molar-refractivity contribution in [3.63, 3.8) is 0 Å². The topological polar surface area (TPSA) is 21.3 Å². The van der Waals surface area contributed by atoms with E-state index in [1.807, 2.05) is 0 Å². The normalized spacial score (nSPS) is 14.7. The highest BCUT2D eigenvalue weighted by molar-refractivity contribution is 5.23. The molecule has 1 aromatic rings. The molecule has 112 valence electrons. The predicted octanol–water partition coefficient (Wildman–Crippen LogP) is 4.43. The van der Waals surface area contributed by atoms with E-state index in [1.54, 1.807) is 0 Å². The van der Waals surface area contributed by atoms with Crippen LogP contribution in [0.15, 0.2) is 24.3 Å². The van der Waals surface area contributed by atoms with Gasteiger partial charge in [0.25, 0.3) is 0 Å². The molecule has 1 aromatic carbocycles. The molecule has 0 radical (unpaired) electrons. The van der Waals surface area contributed by atoms with Gasteiger partial charge in [-0.2, -0.15) is 0 Å². The summed E-state index contributed by atoms with van der Waals surface area (Å²) in [6, 6.07) is 9.55. The van der Waals surface area contributed by atoms with E-state index in [0.29, 0.717) is 0 Å². The first kappa shape index (κ1) is 15.5. The van der Waals surface area contributed by atoms with E-state index in [1.165, 1.54) is 56.1 Å². The van der Waals surface area contributed by atoms with Crippen molar-refractivity contribution in [3.05, 3.63) is 35.4 Å². The Morgan fingerprint density at radius 1 is 1.10 bits per heavy atom. The van der Waals surface area contributed by atoms with Crippen LogP contribution in [0.25, 0.3) is 0 Å². The number of hydrogen-bond acceptors (Lipinski definition) is 2. The third-order valence-electron chi connectivity index (χ3n) is 3.82. The van der Waals surface area contributed by atoms with Crippen LogP contribution in [0.1, 0.15) is 63.0 Å². The SMILES string of the molecule is CCCCCCCOCc1cccc(CNC2CC2)c1. The lowest BCUT2D eigenvalue weighted by atomic mass is 10.1. The minimum absolute atomic E-state index is 0.755. The highest BCUT2D eigenvalue weighted by atomic mass is 16.5. The van der Waals surface area contributed by atoms with Crippen molar-refractivity contribution < 1.29 is 4.74 Å². The predicted molar refractivity (Wildman–Crippen MR) is 84.7 cm³/mol. The Morgan fingerprint density at radius 3 is 2.70 bits per heavy atom. The van der Waals surface area contributed by atoms with Gasteiger partial charge in [-0.05, 0) is 30.4 Å². The lowest BCUT2D eigenvalue weighted by molar-refractivity contribution is 0.116. The van der Waals surface area contributed by atoms with Gasteiger partial charge in [-0.1, -0.05) is 56.9 Å². The molecule has 1 fully saturated rings. The van der Waals surface area contributed by atoms with Gasteiger partial charge >= 0.3 is 0 Å². The van der Waals surface area contributed by atoms with Crippen LogP contribution in [0.5, 0.6) is 0 Å². The van der Waals surface area contributed by atoms with Gasteiger partial charge in [-0.15, -0.1) is 0 Å². The van der Waals surface area contributed by atoms with E-state index in [-0.39, 0.29) is 0 Å². The molecule has 0 amide bonds. The van der Waals surface area contributed by atoms with E-state index in [9.17, 15) is 0 Å². The lowest BCUT2D eigenvalue weighted by Crippen LogP contribution is -2.15. The smallest absolute Gasteiger partial charge is 0.0716 e. The van der Waals surface area contributed by atoms with Crippen molar-refractivity contribution in [2.24, 2.45) is 0 Å². The summed E-state index contributed by atoms with van der Waals surface area (Å²) in [6.07, 6.45) is 9.21. The summed E-state index contributed by atoms with van der Waals surface area (Å²) in [7, 11) is 0. The molecule has 1 aliphatic carbocycles. The Balaban J connectivity index is 1.58. The van der Waals surface area contributed by atoms with Gasteiger partial charge in [0, 0.05) is 19.2 Å². The minimum atomic E-state index is 0.755. The number of hydrogen-bond donors (Lipinski definition) is 1. The maximum atomic E-state index is 5.77. The Hall–Kier alpha value is -0.860. The van der Waals surface area contributed by atoms with Crippen molar-refractivity contribution >= 4 is 0 Å². The zero-order valence-electron chi connectivity index (χ0n) is 12.9. The summed E-state index contributed by atoms with van der Waals surface area (Å²) in [5, 5.41) is 3.56. The molecule has 2 heteroatoms. The van der Waals surface area contributed by atoms with Crippen LogP contribution in [0, 0.1) is 0 Å². The molecule has 0 heterocycles. The Labute approximate surface area is 123 Å². The average Bonchev–Trinajstić information content (AvgIpc) is 3.29. The van der Waals surface area contributed by atoms with Crippen LogP contribution in [0.3, 0.4) is 0 Å². The summed E-state index contributed by atoms with van der Waals surface area (Å²) >= 11 is 0. The van der Waals surface area contributed by atoms with E-state index < -0.39 is 0 Å². The Kier molecular flexibility index (Phi) is 7.10. The van der Waals surface area contributed by atoms with Crippen molar-refractivity contribution in [1.82, 2.24) is 5.32 Å². The molecule has 0 aliphatic heterocycles. The fourth-order valence-corrected chi connectivity index (χ4v) is 2.38. The van der Waals surface area contributed by atoms with Gasteiger partial charge in [0.1, 0.15) is 0 Å². The minimum Gasteiger partial charge on any atom is -0.377 e. The number of ether oxygens (including phenoxy) is 1. The second-order valence-corrected chi connectivity index (χ2v) is 5.94. The molecule has 0 atom stereocenters. The molecular weight excluding hydrogens is 246 g/mol. The van der Waals surface area contributed by atoms with E-state index in [0.717, 1.165) is 25.8 Å². The van der Waals surface area contributed by atoms with Crippen LogP contribution in [-0.2, 0) is 17.9 Å². The third-order valence-corrected chi connectivity index (χ3v) is 3.82. The molecule has 1 aliphatic rings. The van der Waals surface area contributed by atoms with Crippen LogP contribution >= 0.6 is 0 Å². The first-order valence-corrected chi connectivity index (χ1v) is 8.27. The first-order chi connectivity index (χ1) is 9.88. The van der Waals surface area contributed by atoms with Gasteiger partial charge in [0.15, 0.2) is 0 Å². The van der Waals surface area contributed by atoms with Crippen molar-refractivity contribution in [2.45, 2.75) is 71.1 Å². The lowest BCUT2D eigenvalue weighted by Gasteiger charge is -2.07. The standard InChI is InChI=1S/C18H29NO/c1-2-3-4-5-6-12-20-15-17-9-7-8-16(13-17)14-19-18-10-11-18/h7-9,13,18-19H,2-6,10-12,14-15H2,1H3. The molecule has 1 N–H and O–H groups in total. The molecular formula is C18H29NO. The molecule has 0 aromatic heterocycles. The van der Waals surface area contributed by atoms with Crippen LogP contribution in [-0.4, -0.2) is 12.6 Å². The molecule has 20 heavy (non-hydrogen) atoms. The van der Waals surface area contributed by atoms with Crippen molar-refractivity contribution in [2.75, 3.05) is 6.61 Å². The average molecular weight is 275 g/mol. The van der Waals surface area contributed by atoms with E-state index in [2.05, 4.69) is 36.5 Å². The largest absolute Gasteiger partial charge is 0.377 e. The van der Waals surface area contributed by atoms with Crippen LogP contribution in [0.2, 0.25) is 0 Å². The summed E-state index contributed by atoms with van der Waals surface area (Å²) in [4.78, 5) is 0. The van der Waals surface area contributed by atoms with Crippen LogP contribution < -0.4 is 5.32 Å². The summed E-state index contributed by atoms with van der Waals surface area (Å²) in [5.41, 5.74) is 2.68. The number of benzene rings is 1. The maximum absolute atomic E-state index is 5.77. The fraction of sp³-hybridized carbons (Fsp3) is 0.667. The molecule has 0 bridgehead atoms. The molecule has 0 spiro atoms. The summed E-state index contributed by atoms with van der Waals surface area (Å²) in [5.74, 6) is 0. The molecule has 0 unspecified atom stereocenters. The van der Waals surface area contributed by atoms with Gasteiger partial charge < -0.3 is 10.1 Å². The number of rotatable bonds is 11. The van der Waals surface area contributed by atoms with Gasteiger partial charge in [-0.3, -0.25) is 0 Å². The summed E-state index contributed by atoms with van der Waals surface area (Å²) < 4.78 is 5.77. The quantitative estimate of drug-likeness (QED) is 0.603. The highest BCUT2D eigenvalue weighted by Crippen LogP contribution is 2.19. The maximum Gasteiger partial charge on any atom is 0.0716 e. The van der Waals surface area contributed by atoms with E-state index >= 15 is 0 Å². The molecule has 2 nitrogen and oxygen atoms in total.